The maximum Gasteiger partial charge on any atom is 0.242 e. The number of hydrogen-bond donors (Lipinski definition) is 0. The molecule has 1 amide bonds. The number of rotatable bonds is 2. The van der Waals surface area contributed by atoms with Gasteiger partial charge in [0, 0.05) is 30.9 Å². The van der Waals surface area contributed by atoms with E-state index in [-0.39, 0.29) is 5.54 Å². The lowest BCUT2D eigenvalue weighted by Crippen LogP contribution is -2.59. The van der Waals surface area contributed by atoms with Crippen molar-refractivity contribution in [3.05, 3.63) is 23.8 Å². The van der Waals surface area contributed by atoms with Gasteiger partial charge in [0.05, 0.1) is 5.54 Å². The molecule has 1 aromatic rings. The molecular weight excluding hydrogens is 288 g/mol. The van der Waals surface area contributed by atoms with E-state index in [4.69, 9.17) is 0 Å². The van der Waals surface area contributed by atoms with Gasteiger partial charge >= 0.3 is 0 Å². The number of aromatic nitrogens is 2. The summed E-state index contributed by atoms with van der Waals surface area (Å²) in [6.07, 6.45) is 8.87. The van der Waals surface area contributed by atoms with Crippen LogP contribution in [-0.4, -0.2) is 57.9 Å². The van der Waals surface area contributed by atoms with Gasteiger partial charge in [-0.2, -0.15) is 0 Å². The van der Waals surface area contributed by atoms with Gasteiger partial charge in [-0.1, -0.05) is 0 Å². The number of likely N-dealkylation sites (tertiary alicyclic amines) is 2. The van der Waals surface area contributed by atoms with Crippen molar-refractivity contribution in [1.29, 1.82) is 0 Å². The number of piperidine rings is 2. The van der Waals surface area contributed by atoms with Crippen LogP contribution in [0, 0.1) is 6.92 Å². The fourth-order valence-electron chi connectivity index (χ4n) is 4.06. The molecule has 126 valence electrons. The molecule has 23 heavy (non-hydrogen) atoms. The lowest BCUT2D eigenvalue weighted by Gasteiger charge is -2.45. The number of amides is 1. The number of nitrogens with zero attached hydrogens (tertiary/aromatic N) is 4. The molecular formula is C18H28N4O. The Hall–Kier alpha value is -1.49. The minimum atomic E-state index is -0.310. The summed E-state index contributed by atoms with van der Waals surface area (Å²) in [5.41, 5.74) is 2.01. The molecule has 0 unspecified atom stereocenters. The van der Waals surface area contributed by atoms with Crippen LogP contribution in [0.25, 0.3) is 0 Å². The van der Waals surface area contributed by atoms with Crippen LogP contribution in [-0.2, 0) is 4.79 Å². The summed E-state index contributed by atoms with van der Waals surface area (Å²) in [4.78, 5) is 25.9. The Morgan fingerprint density at radius 2 is 2.00 bits per heavy atom. The standard InChI is InChI=1S/C18H28N4O/c1-14-12-19-13-20-16(14)15-6-10-22(11-7-15)17(23)18(2)8-4-5-9-21(18)3/h12-13,15H,4-11H2,1-3H3/t18-/m1/s1. The zero-order valence-corrected chi connectivity index (χ0v) is 14.6. The summed E-state index contributed by atoms with van der Waals surface area (Å²) in [6.45, 7) is 6.91. The molecule has 0 radical (unpaired) electrons. The topological polar surface area (TPSA) is 49.3 Å². The zero-order valence-electron chi connectivity index (χ0n) is 14.6. The van der Waals surface area contributed by atoms with E-state index in [2.05, 4.69) is 40.7 Å². The van der Waals surface area contributed by atoms with Crippen molar-refractivity contribution in [1.82, 2.24) is 19.8 Å². The number of likely N-dealkylation sites (N-methyl/N-ethyl adjacent to an activating group) is 1. The van der Waals surface area contributed by atoms with E-state index in [0.717, 1.165) is 56.6 Å². The van der Waals surface area contributed by atoms with Crippen molar-refractivity contribution in [2.75, 3.05) is 26.7 Å². The quantitative estimate of drug-likeness (QED) is 0.840. The lowest BCUT2D eigenvalue weighted by molar-refractivity contribution is -0.146. The first kappa shape index (κ1) is 16.4. The van der Waals surface area contributed by atoms with E-state index in [0.29, 0.717) is 11.8 Å². The molecule has 1 aromatic heterocycles. The van der Waals surface area contributed by atoms with E-state index < -0.39 is 0 Å². The van der Waals surface area contributed by atoms with Gasteiger partial charge in [0.15, 0.2) is 0 Å². The average Bonchev–Trinajstić information content (AvgIpc) is 2.58. The summed E-state index contributed by atoms with van der Waals surface area (Å²) >= 11 is 0. The summed E-state index contributed by atoms with van der Waals surface area (Å²) in [5, 5.41) is 0. The van der Waals surface area contributed by atoms with Crippen LogP contribution in [0.2, 0.25) is 0 Å². The van der Waals surface area contributed by atoms with Crippen LogP contribution in [0.4, 0.5) is 0 Å². The Labute approximate surface area is 139 Å². The van der Waals surface area contributed by atoms with Crippen molar-refractivity contribution in [2.45, 2.75) is 57.4 Å². The first-order valence-electron chi connectivity index (χ1n) is 8.79. The minimum Gasteiger partial charge on any atom is -0.341 e. The van der Waals surface area contributed by atoms with Crippen LogP contribution in [0.15, 0.2) is 12.5 Å². The fourth-order valence-corrected chi connectivity index (χ4v) is 4.06. The highest BCUT2D eigenvalue weighted by Crippen LogP contribution is 2.32. The average molecular weight is 316 g/mol. The zero-order chi connectivity index (χ0) is 16.4. The van der Waals surface area contributed by atoms with Crippen molar-refractivity contribution >= 4 is 5.91 Å². The van der Waals surface area contributed by atoms with Crippen molar-refractivity contribution in [3.8, 4) is 0 Å². The monoisotopic (exact) mass is 316 g/mol. The first-order chi connectivity index (χ1) is 11.0. The van der Waals surface area contributed by atoms with Gasteiger partial charge in [-0.15, -0.1) is 0 Å². The van der Waals surface area contributed by atoms with Gasteiger partial charge in [-0.3, -0.25) is 9.69 Å². The minimum absolute atomic E-state index is 0.310. The second-order valence-electron chi connectivity index (χ2n) is 7.31. The van der Waals surface area contributed by atoms with Gasteiger partial charge < -0.3 is 4.90 Å². The number of carbonyl (C=O) groups excluding carboxylic acids is 1. The predicted molar refractivity (Wildman–Crippen MR) is 90.2 cm³/mol. The molecule has 2 saturated heterocycles. The third-order valence-corrected chi connectivity index (χ3v) is 5.81. The van der Waals surface area contributed by atoms with Crippen LogP contribution in [0.1, 0.15) is 56.2 Å². The SMILES string of the molecule is Cc1cncnc1C1CCN(C(=O)[C@@]2(C)CCCCN2C)CC1. The van der Waals surface area contributed by atoms with Crippen LogP contribution in [0.5, 0.6) is 0 Å². The molecule has 0 N–H and O–H groups in total. The molecule has 0 saturated carbocycles. The maximum absolute atomic E-state index is 13.1. The molecule has 5 nitrogen and oxygen atoms in total. The molecule has 2 fully saturated rings. The largest absolute Gasteiger partial charge is 0.341 e. The third kappa shape index (κ3) is 3.11. The van der Waals surface area contributed by atoms with E-state index in [1.54, 1.807) is 6.33 Å². The molecule has 2 aliphatic heterocycles. The van der Waals surface area contributed by atoms with Gasteiger partial charge in [-0.25, -0.2) is 9.97 Å². The highest BCUT2D eigenvalue weighted by molar-refractivity contribution is 5.86. The fraction of sp³-hybridized carbons (Fsp3) is 0.722. The third-order valence-electron chi connectivity index (χ3n) is 5.81. The van der Waals surface area contributed by atoms with Crippen molar-refractivity contribution in [2.24, 2.45) is 0 Å². The smallest absolute Gasteiger partial charge is 0.242 e. The molecule has 5 heteroatoms. The Morgan fingerprint density at radius 3 is 2.65 bits per heavy atom. The van der Waals surface area contributed by atoms with Gasteiger partial charge in [-0.05, 0) is 65.1 Å². The highest BCUT2D eigenvalue weighted by atomic mass is 16.2. The molecule has 0 aliphatic carbocycles. The molecule has 2 aliphatic rings. The summed E-state index contributed by atoms with van der Waals surface area (Å²) in [5.74, 6) is 0.775. The molecule has 3 rings (SSSR count). The van der Waals surface area contributed by atoms with E-state index in [9.17, 15) is 4.79 Å². The Morgan fingerprint density at radius 1 is 1.26 bits per heavy atom. The van der Waals surface area contributed by atoms with Crippen LogP contribution < -0.4 is 0 Å². The summed E-state index contributed by atoms with van der Waals surface area (Å²) < 4.78 is 0. The first-order valence-corrected chi connectivity index (χ1v) is 8.79. The Balaban J connectivity index is 1.65. The Kier molecular flexibility index (Phi) is 4.67. The molecule has 0 aromatic carbocycles. The normalized spacial score (nSPS) is 27.2. The van der Waals surface area contributed by atoms with Gasteiger partial charge in [0.25, 0.3) is 0 Å². The Bertz CT molecular complexity index is 568. The second-order valence-corrected chi connectivity index (χ2v) is 7.31. The number of aryl methyl sites for hydroxylation is 1. The van der Waals surface area contributed by atoms with E-state index in [1.165, 1.54) is 6.42 Å². The maximum atomic E-state index is 13.1. The van der Waals surface area contributed by atoms with E-state index in [1.807, 2.05) is 6.20 Å². The molecule has 3 heterocycles. The predicted octanol–water partition coefficient (Wildman–Crippen LogP) is 2.37. The summed E-state index contributed by atoms with van der Waals surface area (Å²) in [7, 11) is 2.09. The number of carbonyl (C=O) groups is 1. The molecule has 0 spiro atoms. The number of hydrogen-bond acceptors (Lipinski definition) is 4. The van der Waals surface area contributed by atoms with Crippen LogP contribution >= 0.6 is 0 Å². The van der Waals surface area contributed by atoms with Crippen molar-refractivity contribution < 1.29 is 4.79 Å². The van der Waals surface area contributed by atoms with Crippen molar-refractivity contribution in [3.63, 3.8) is 0 Å². The summed E-state index contributed by atoms with van der Waals surface area (Å²) in [6, 6.07) is 0. The van der Waals surface area contributed by atoms with Gasteiger partial charge in [0.1, 0.15) is 6.33 Å². The van der Waals surface area contributed by atoms with Crippen LogP contribution in [0.3, 0.4) is 0 Å². The molecule has 0 bridgehead atoms. The lowest BCUT2D eigenvalue weighted by atomic mass is 9.85. The second kappa shape index (κ2) is 6.56. The van der Waals surface area contributed by atoms with E-state index >= 15 is 0 Å². The van der Waals surface area contributed by atoms with Gasteiger partial charge in [0.2, 0.25) is 5.91 Å². The molecule has 1 atom stereocenters. The highest BCUT2D eigenvalue weighted by Gasteiger charge is 2.42.